The fourth-order valence-electron chi connectivity index (χ4n) is 3.59. The third-order valence-electron chi connectivity index (χ3n) is 5.86. The Bertz CT molecular complexity index is 954. The highest BCUT2D eigenvalue weighted by Gasteiger charge is 2.32. The Labute approximate surface area is 221 Å². The number of hydrogen-bond donors (Lipinski definition) is 8. The van der Waals surface area contributed by atoms with Gasteiger partial charge in [0.15, 0.2) is 0 Å². The minimum Gasteiger partial charge on any atom is -0.508 e. The summed E-state index contributed by atoms with van der Waals surface area (Å²) in [5.41, 5.74) is 17.2. The summed E-state index contributed by atoms with van der Waals surface area (Å²) in [5, 5.41) is 26.5. The minimum atomic E-state index is -1.38. The number of hydrogen-bond acceptors (Lipinski definition) is 8. The lowest BCUT2D eigenvalue weighted by molar-refractivity contribution is -0.143. The highest BCUT2D eigenvalue weighted by atomic mass is 16.4. The molecule has 13 heteroatoms. The Hall–Kier alpha value is -3.71. The van der Waals surface area contributed by atoms with Crippen molar-refractivity contribution >= 4 is 29.6 Å². The molecule has 0 heterocycles. The van der Waals surface area contributed by atoms with Gasteiger partial charge in [-0.15, -0.1) is 0 Å². The Morgan fingerprint density at radius 1 is 0.868 bits per heavy atom. The summed E-state index contributed by atoms with van der Waals surface area (Å²) >= 11 is 0. The number of nitrogens with one attached hydrogen (secondary N) is 3. The maximum atomic E-state index is 13.3. The molecule has 4 unspecified atom stereocenters. The lowest BCUT2D eigenvalue weighted by Crippen LogP contribution is -2.59. The molecule has 0 aliphatic carbocycles. The van der Waals surface area contributed by atoms with Crippen LogP contribution in [0.25, 0.3) is 0 Å². The van der Waals surface area contributed by atoms with Crippen LogP contribution in [0.15, 0.2) is 24.3 Å². The molecular formula is C25H40N6O7. The van der Waals surface area contributed by atoms with Crippen LogP contribution in [0.1, 0.15) is 51.5 Å². The number of unbranched alkanes of at least 4 members (excludes halogenated alkanes) is 1. The number of aromatic hydroxyl groups is 1. The number of carboxylic acid groups (broad SMARTS) is 1. The van der Waals surface area contributed by atoms with Gasteiger partial charge < -0.3 is 43.4 Å². The second kappa shape index (κ2) is 16.2. The zero-order valence-corrected chi connectivity index (χ0v) is 21.8. The van der Waals surface area contributed by atoms with Crippen LogP contribution >= 0.6 is 0 Å². The van der Waals surface area contributed by atoms with Gasteiger partial charge in [-0.2, -0.15) is 0 Å². The Morgan fingerprint density at radius 3 is 2.00 bits per heavy atom. The van der Waals surface area contributed by atoms with Crippen LogP contribution in [0.5, 0.6) is 5.75 Å². The molecule has 13 nitrogen and oxygen atoms in total. The molecule has 0 bridgehead atoms. The number of primary amides is 1. The molecule has 0 radical (unpaired) electrons. The number of carbonyl (C=O) groups excluding carboxylic acids is 4. The summed E-state index contributed by atoms with van der Waals surface area (Å²) in [6.45, 7) is 3.78. The quantitative estimate of drug-likeness (QED) is 0.112. The molecule has 1 aromatic carbocycles. The van der Waals surface area contributed by atoms with Gasteiger partial charge in [0.25, 0.3) is 0 Å². The first-order valence-corrected chi connectivity index (χ1v) is 12.5. The number of carboxylic acids is 1. The largest absolute Gasteiger partial charge is 0.508 e. The van der Waals surface area contributed by atoms with Gasteiger partial charge in [0, 0.05) is 12.8 Å². The number of phenolic OH excluding ortho intramolecular Hbond substituents is 1. The number of benzene rings is 1. The van der Waals surface area contributed by atoms with Crippen molar-refractivity contribution in [2.45, 2.75) is 76.5 Å². The molecule has 0 fully saturated rings. The fourth-order valence-corrected chi connectivity index (χ4v) is 3.59. The molecule has 0 aromatic heterocycles. The van der Waals surface area contributed by atoms with Gasteiger partial charge in [-0.1, -0.05) is 32.4 Å². The average Bonchev–Trinajstić information content (AvgIpc) is 2.85. The van der Waals surface area contributed by atoms with E-state index in [2.05, 4.69) is 16.0 Å². The topological polar surface area (TPSA) is 240 Å². The smallest absolute Gasteiger partial charge is 0.326 e. The number of carbonyl (C=O) groups is 5. The van der Waals surface area contributed by atoms with Crippen LogP contribution in [0.3, 0.4) is 0 Å². The number of aliphatic carboxylic acids is 1. The molecule has 0 spiro atoms. The van der Waals surface area contributed by atoms with Crippen molar-refractivity contribution in [3.05, 3.63) is 29.8 Å². The normalized spacial score (nSPS) is 14.1. The third kappa shape index (κ3) is 11.6. The zero-order valence-electron chi connectivity index (χ0n) is 21.8. The van der Waals surface area contributed by atoms with Crippen molar-refractivity contribution in [3.63, 3.8) is 0 Å². The van der Waals surface area contributed by atoms with E-state index >= 15 is 0 Å². The van der Waals surface area contributed by atoms with Crippen LogP contribution < -0.4 is 33.2 Å². The van der Waals surface area contributed by atoms with E-state index in [4.69, 9.17) is 17.2 Å². The van der Waals surface area contributed by atoms with Crippen molar-refractivity contribution < 1.29 is 34.2 Å². The van der Waals surface area contributed by atoms with Crippen molar-refractivity contribution in [2.75, 3.05) is 6.54 Å². The van der Waals surface area contributed by atoms with Gasteiger partial charge in [-0.25, -0.2) is 4.79 Å². The van der Waals surface area contributed by atoms with Crippen LogP contribution in [0.4, 0.5) is 0 Å². The summed E-state index contributed by atoms with van der Waals surface area (Å²) in [7, 11) is 0. The zero-order chi connectivity index (χ0) is 28.8. The molecule has 1 aromatic rings. The average molecular weight is 537 g/mol. The van der Waals surface area contributed by atoms with Crippen molar-refractivity contribution in [2.24, 2.45) is 23.1 Å². The van der Waals surface area contributed by atoms with Crippen LogP contribution in [0.2, 0.25) is 0 Å². The first kappa shape index (κ1) is 32.3. The fraction of sp³-hybridized carbons (Fsp3) is 0.560. The molecule has 0 aliphatic rings. The van der Waals surface area contributed by atoms with Crippen LogP contribution in [-0.4, -0.2) is 70.5 Å². The summed E-state index contributed by atoms with van der Waals surface area (Å²) < 4.78 is 0. The second-order valence-electron chi connectivity index (χ2n) is 9.46. The van der Waals surface area contributed by atoms with Gasteiger partial charge in [-0.05, 0) is 49.4 Å². The molecule has 4 amide bonds. The van der Waals surface area contributed by atoms with E-state index in [-0.39, 0.29) is 25.0 Å². The van der Waals surface area contributed by atoms with E-state index in [0.29, 0.717) is 31.4 Å². The Kier molecular flexibility index (Phi) is 13.8. The minimum absolute atomic E-state index is 0.0292. The first-order chi connectivity index (χ1) is 17.8. The molecule has 4 atom stereocenters. The summed E-state index contributed by atoms with van der Waals surface area (Å²) in [5.74, 6) is -4.49. The molecule has 0 saturated carbocycles. The summed E-state index contributed by atoms with van der Waals surface area (Å²) in [4.78, 5) is 61.5. The third-order valence-corrected chi connectivity index (χ3v) is 5.86. The Balaban J connectivity index is 3.06. The van der Waals surface area contributed by atoms with E-state index in [9.17, 15) is 34.2 Å². The highest BCUT2D eigenvalue weighted by molar-refractivity contribution is 5.94. The molecule has 38 heavy (non-hydrogen) atoms. The van der Waals surface area contributed by atoms with Crippen molar-refractivity contribution in [1.29, 1.82) is 0 Å². The van der Waals surface area contributed by atoms with Crippen molar-refractivity contribution in [3.8, 4) is 5.75 Å². The molecule has 1 rings (SSSR count). The molecule has 212 valence electrons. The number of nitrogens with two attached hydrogens (primary N) is 3. The predicted molar refractivity (Wildman–Crippen MR) is 139 cm³/mol. The SMILES string of the molecule is CC(C)C(NC(=O)C(Cc1ccc(O)cc1)NC(=O)C(N)CCCCN)C(=O)NC(CCC(N)=O)C(=O)O. The van der Waals surface area contributed by atoms with Crippen LogP contribution in [-0.2, 0) is 30.4 Å². The van der Waals surface area contributed by atoms with E-state index in [0.717, 1.165) is 0 Å². The van der Waals surface area contributed by atoms with E-state index in [1.54, 1.807) is 26.0 Å². The lowest BCUT2D eigenvalue weighted by atomic mass is 9.99. The van der Waals surface area contributed by atoms with Gasteiger partial charge in [0.05, 0.1) is 6.04 Å². The van der Waals surface area contributed by atoms with E-state index < -0.39 is 59.7 Å². The van der Waals surface area contributed by atoms with Gasteiger partial charge in [-0.3, -0.25) is 19.2 Å². The summed E-state index contributed by atoms with van der Waals surface area (Å²) in [6, 6.07) is 1.54. The van der Waals surface area contributed by atoms with E-state index in [1.165, 1.54) is 12.1 Å². The highest BCUT2D eigenvalue weighted by Crippen LogP contribution is 2.13. The van der Waals surface area contributed by atoms with Gasteiger partial charge >= 0.3 is 5.97 Å². The molecule has 0 aliphatic heterocycles. The monoisotopic (exact) mass is 536 g/mol. The van der Waals surface area contributed by atoms with Crippen molar-refractivity contribution in [1.82, 2.24) is 16.0 Å². The number of phenols is 1. The molecule has 11 N–H and O–H groups in total. The number of rotatable bonds is 17. The summed E-state index contributed by atoms with van der Waals surface area (Å²) in [6.07, 6.45) is 1.28. The van der Waals surface area contributed by atoms with Gasteiger partial charge in [0.2, 0.25) is 23.6 Å². The molecule has 0 saturated heterocycles. The molecular weight excluding hydrogens is 496 g/mol. The Morgan fingerprint density at radius 2 is 1.47 bits per heavy atom. The predicted octanol–water partition coefficient (Wildman–Crippen LogP) is -1.15. The number of amides is 4. The maximum absolute atomic E-state index is 13.3. The van der Waals surface area contributed by atoms with Crippen LogP contribution in [0, 0.1) is 5.92 Å². The standard InChI is InChI=1S/C25H40N6O7/c1-14(2)21(24(36)29-18(25(37)38)10-11-20(28)33)31-23(35)19(13-15-6-8-16(32)9-7-15)30-22(34)17(27)5-3-4-12-26/h6-9,14,17-19,21,32H,3-5,10-13,26-27H2,1-2H3,(H2,28,33)(H,29,36)(H,30,34)(H,31,35)(H,37,38). The van der Waals surface area contributed by atoms with Gasteiger partial charge in [0.1, 0.15) is 23.9 Å². The maximum Gasteiger partial charge on any atom is 0.326 e. The first-order valence-electron chi connectivity index (χ1n) is 12.5. The second-order valence-corrected chi connectivity index (χ2v) is 9.46. The van der Waals surface area contributed by atoms with E-state index in [1.807, 2.05) is 0 Å². The lowest BCUT2D eigenvalue weighted by Gasteiger charge is -2.27.